The zero-order valence-corrected chi connectivity index (χ0v) is 21.9. The second kappa shape index (κ2) is 11.2. The molecule has 2 amide bonds. The largest absolute Gasteiger partial charge is 0.493 e. The lowest BCUT2D eigenvalue weighted by Gasteiger charge is -2.28. The average Bonchev–Trinajstić information content (AvgIpc) is 3.47. The molecule has 1 saturated carbocycles. The summed E-state index contributed by atoms with van der Waals surface area (Å²) in [6.45, 7) is 4.77. The summed E-state index contributed by atoms with van der Waals surface area (Å²) in [5, 5.41) is 24.3. The van der Waals surface area contributed by atoms with Gasteiger partial charge < -0.3 is 25.2 Å². The number of carbonyl (C=O) groups is 3. The van der Waals surface area contributed by atoms with Crippen molar-refractivity contribution in [3.05, 3.63) is 58.7 Å². The van der Waals surface area contributed by atoms with E-state index in [1.807, 2.05) is 19.9 Å². The molecule has 4 atom stereocenters. The van der Waals surface area contributed by atoms with E-state index in [4.69, 9.17) is 14.6 Å². The Morgan fingerprint density at radius 1 is 1.26 bits per heavy atom. The van der Waals surface area contributed by atoms with Gasteiger partial charge in [-0.15, -0.1) is 0 Å². The maximum atomic E-state index is 13.6. The van der Waals surface area contributed by atoms with E-state index in [2.05, 4.69) is 16.7 Å². The van der Waals surface area contributed by atoms with E-state index >= 15 is 0 Å². The maximum absolute atomic E-state index is 13.6. The first-order chi connectivity index (χ1) is 18.2. The molecule has 1 aliphatic carbocycles. The second-order valence-corrected chi connectivity index (χ2v) is 10.2. The van der Waals surface area contributed by atoms with Crippen molar-refractivity contribution in [2.45, 2.75) is 51.0 Å². The number of hydrogen-bond acceptors (Lipinski definition) is 6. The molecule has 3 N–H and O–H groups in total. The Labute approximate surface area is 222 Å². The molecule has 4 rings (SSSR count). The van der Waals surface area contributed by atoms with Crippen LogP contribution in [0.3, 0.4) is 0 Å². The van der Waals surface area contributed by atoms with E-state index in [-0.39, 0.29) is 36.1 Å². The first-order valence-electron chi connectivity index (χ1n) is 12.8. The minimum absolute atomic E-state index is 0.0190. The molecular formula is C29H33N3O6. The van der Waals surface area contributed by atoms with Crippen LogP contribution in [0.15, 0.2) is 36.4 Å². The summed E-state index contributed by atoms with van der Waals surface area (Å²) < 4.78 is 11.0. The van der Waals surface area contributed by atoms with Gasteiger partial charge in [-0.05, 0) is 68.0 Å². The molecule has 0 radical (unpaired) electrons. The summed E-state index contributed by atoms with van der Waals surface area (Å²) in [6, 6.07) is 12.4. The molecule has 38 heavy (non-hydrogen) atoms. The predicted molar refractivity (Wildman–Crippen MR) is 140 cm³/mol. The first-order valence-corrected chi connectivity index (χ1v) is 12.8. The minimum atomic E-state index is -0.877. The maximum Gasteiger partial charge on any atom is 0.303 e. The standard InChI is InChI=1S/C29H33N3O6/c1-17(16-37-3)31-27(35)21-9-10-24-22(14-21)29(11-12-38-24)18(2)26(29)28(36)32-23-13-19(15-30)7-8-20(23)5-4-6-25(33)34/h7-10,13-14,17-18,26H,4-6,11-12,16H2,1-3H3,(H,31,35)(H,32,36)(H,33,34)/t17-,18-,26-,29-/m0/s1. The monoisotopic (exact) mass is 519 g/mol. The molecule has 1 aliphatic heterocycles. The number of aryl methyl sites for hydroxylation is 1. The number of fused-ring (bicyclic) bond motifs is 2. The van der Waals surface area contributed by atoms with Crippen LogP contribution < -0.4 is 15.4 Å². The minimum Gasteiger partial charge on any atom is -0.493 e. The summed E-state index contributed by atoms with van der Waals surface area (Å²) in [4.78, 5) is 37.4. The van der Waals surface area contributed by atoms with Crippen LogP contribution in [0.4, 0.5) is 5.69 Å². The Bertz CT molecular complexity index is 1290. The molecule has 2 aromatic rings. The topological polar surface area (TPSA) is 138 Å². The Balaban J connectivity index is 1.57. The van der Waals surface area contributed by atoms with Gasteiger partial charge in [-0.2, -0.15) is 5.26 Å². The number of aliphatic carboxylic acids is 1. The van der Waals surface area contributed by atoms with Crippen molar-refractivity contribution in [2.75, 3.05) is 25.6 Å². The van der Waals surface area contributed by atoms with Gasteiger partial charge in [0.05, 0.1) is 30.8 Å². The third kappa shape index (κ3) is 5.36. The number of nitrogens with zero attached hydrogens (tertiary/aromatic N) is 1. The van der Waals surface area contributed by atoms with Gasteiger partial charge in [0.1, 0.15) is 5.75 Å². The molecule has 200 valence electrons. The van der Waals surface area contributed by atoms with Crippen LogP contribution in [0.1, 0.15) is 60.2 Å². The Hall–Kier alpha value is -3.90. The van der Waals surface area contributed by atoms with Crippen molar-refractivity contribution < 1.29 is 29.0 Å². The van der Waals surface area contributed by atoms with Crippen molar-refractivity contribution >= 4 is 23.5 Å². The number of carboxylic acids is 1. The van der Waals surface area contributed by atoms with E-state index < -0.39 is 11.4 Å². The smallest absolute Gasteiger partial charge is 0.303 e. The number of carboxylic acid groups (broad SMARTS) is 1. The molecule has 2 aromatic carbocycles. The summed E-state index contributed by atoms with van der Waals surface area (Å²) in [7, 11) is 1.58. The Kier molecular flexibility index (Phi) is 8.02. The van der Waals surface area contributed by atoms with Gasteiger partial charge in [0.25, 0.3) is 5.91 Å². The molecule has 1 fully saturated rings. The molecule has 1 spiro atoms. The number of amides is 2. The van der Waals surface area contributed by atoms with Gasteiger partial charge in [-0.3, -0.25) is 14.4 Å². The fourth-order valence-electron chi connectivity index (χ4n) is 5.73. The second-order valence-electron chi connectivity index (χ2n) is 10.2. The number of carbonyl (C=O) groups excluding carboxylic acids is 2. The van der Waals surface area contributed by atoms with Gasteiger partial charge in [0, 0.05) is 41.8 Å². The molecule has 0 aromatic heterocycles. The van der Waals surface area contributed by atoms with Crippen molar-refractivity contribution in [1.29, 1.82) is 5.26 Å². The van der Waals surface area contributed by atoms with Crippen molar-refractivity contribution in [3.63, 3.8) is 0 Å². The number of anilines is 1. The number of ether oxygens (including phenoxy) is 2. The van der Waals surface area contributed by atoms with Crippen LogP contribution in [0.5, 0.6) is 5.75 Å². The summed E-state index contributed by atoms with van der Waals surface area (Å²) in [5.74, 6) is -0.896. The summed E-state index contributed by atoms with van der Waals surface area (Å²) in [5.41, 5.74) is 2.63. The van der Waals surface area contributed by atoms with E-state index in [1.54, 1.807) is 37.4 Å². The summed E-state index contributed by atoms with van der Waals surface area (Å²) in [6.07, 6.45) is 1.56. The van der Waals surface area contributed by atoms with Gasteiger partial charge in [0.15, 0.2) is 0 Å². The highest BCUT2D eigenvalue weighted by atomic mass is 16.5. The number of nitrogens with one attached hydrogen (secondary N) is 2. The third-order valence-electron chi connectivity index (χ3n) is 7.69. The quantitative estimate of drug-likeness (QED) is 0.436. The average molecular weight is 520 g/mol. The first kappa shape index (κ1) is 27.1. The molecule has 0 unspecified atom stereocenters. The van der Waals surface area contributed by atoms with Gasteiger partial charge in [-0.1, -0.05) is 13.0 Å². The lowest BCUT2D eigenvalue weighted by atomic mass is 9.85. The SMILES string of the molecule is COC[C@H](C)NC(=O)c1ccc2c(c1)[C@@]1(CCO2)[C@H](C(=O)Nc2cc(C#N)ccc2CCCC(=O)O)[C@@H]1C. The van der Waals surface area contributed by atoms with Crippen LogP contribution in [0, 0.1) is 23.2 Å². The lowest BCUT2D eigenvalue weighted by molar-refractivity contribution is -0.137. The Morgan fingerprint density at radius 2 is 2.05 bits per heavy atom. The van der Waals surface area contributed by atoms with Crippen LogP contribution in [-0.4, -0.2) is 49.3 Å². The van der Waals surface area contributed by atoms with E-state index in [9.17, 15) is 19.6 Å². The van der Waals surface area contributed by atoms with Gasteiger partial charge in [-0.25, -0.2) is 0 Å². The van der Waals surface area contributed by atoms with E-state index in [1.165, 1.54) is 0 Å². The predicted octanol–water partition coefficient (Wildman–Crippen LogP) is 3.66. The van der Waals surface area contributed by atoms with E-state index in [0.29, 0.717) is 55.0 Å². The highest BCUT2D eigenvalue weighted by Crippen LogP contribution is 2.65. The molecule has 9 nitrogen and oxygen atoms in total. The van der Waals surface area contributed by atoms with Crippen molar-refractivity contribution in [1.82, 2.24) is 5.32 Å². The fraction of sp³-hybridized carbons (Fsp3) is 0.448. The normalized spacial score (nSPS) is 21.9. The van der Waals surface area contributed by atoms with Crippen molar-refractivity contribution in [3.8, 4) is 11.8 Å². The molecule has 0 saturated heterocycles. The Morgan fingerprint density at radius 3 is 2.76 bits per heavy atom. The highest BCUT2D eigenvalue weighted by Gasteiger charge is 2.67. The number of nitriles is 1. The van der Waals surface area contributed by atoms with Gasteiger partial charge in [0.2, 0.25) is 5.91 Å². The van der Waals surface area contributed by atoms with Crippen LogP contribution in [0.2, 0.25) is 0 Å². The molecule has 1 heterocycles. The molecule has 0 bridgehead atoms. The molecule has 2 aliphatic rings. The third-order valence-corrected chi connectivity index (χ3v) is 7.69. The zero-order valence-electron chi connectivity index (χ0n) is 21.9. The van der Waals surface area contributed by atoms with Crippen LogP contribution in [-0.2, 0) is 26.2 Å². The number of hydrogen-bond donors (Lipinski definition) is 3. The lowest BCUT2D eigenvalue weighted by Crippen LogP contribution is -2.36. The van der Waals surface area contributed by atoms with E-state index in [0.717, 1.165) is 11.1 Å². The molecule has 9 heteroatoms. The highest BCUT2D eigenvalue weighted by molar-refractivity contribution is 5.98. The number of benzene rings is 2. The zero-order chi connectivity index (χ0) is 27.4. The van der Waals surface area contributed by atoms with Gasteiger partial charge >= 0.3 is 5.97 Å². The van der Waals surface area contributed by atoms with Crippen LogP contribution in [0.25, 0.3) is 0 Å². The summed E-state index contributed by atoms with van der Waals surface area (Å²) >= 11 is 0. The molecular weight excluding hydrogens is 486 g/mol. The number of methoxy groups -OCH3 is 1. The fourth-order valence-corrected chi connectivity index (χ4v) is 5.73. The van der Waals surface area contributed by atoms with Crippen molar-refractivity contribution in [2.24, 2.45) is 11.8 Å². The van der Waals surface area contributed by atoms with Crippen LogP contribution >= 0.6 is 0 Å². The number of rotatable bonds is 10.